The molecule has 0 saturated carbocycles. The Labute approximate surface area is 294 Å². The first-order chi connectivity index (χ1) is 22.6. The first-order valence-corrected chi connectivity index (χ1v) is 17.9. The van der Waals surface area contributed by atoms with Crippen LogP contribution in [0, 0.1) is 6.92 Å². The smallest absolute Gasteiger partial charge is 0.0143 e. The summed E-state index contributed by atoms with van der Waals surface area (Å²) in [6.07, 6.45) is 6.42. The lowest BCUT2D eigenvalue weighted by Gasteiger charge is -2.09. The molecule has 1 nitrogen and oxygen atoms in total. The summed E-state index contributed by atoms with van der Waals surface area (Å²) in [5.74, 6) is 0. The van der Waals surface area contributed by atoms with Gasteiger partial charge in [0, 0.05) is 12.2 Å². The summed E-state index contributed by atoms with van der Waals surface area (Å²) in [6.45, 7) is 43.4. The Balaban J connectivity index is -0.000000281. The van der Waals surface area contributed by atoms with Gasteiger partial charge in [0.1, 0.15) is 0 Å². The lowest BCUT2D eigenvalue weighted by molar-refractivity contribution is 0.711. The molecule has 0 heterocycles. The van der Waals surface area contributed by atoms with E-state index in [1.54, 1.807) is 0 Å². The van der Waals surface area contributed by atoms with Crippen molar-refractivity contribution in [2.24, 2.45) is 0 Å². The number of hydrogen-bond acceptors (Lipinski definition) is 1. The third-order valence-corrected chi connectivity index (χ3v) is 6.40. The second-order valence-electron chi connectivity index (χ2n) is 10.1. The molecule has 0 aliphatic carbocycles. The minimum atomic E-state index is 1.04. The van der Waals surface area contributed by atoms with E-state index >= 15 is 0 Å². The van der Waals surface area contributed by atoms with Gasteiger partial charge < -0.3 is 5.32 Å². The van der Waals surface area contributed by atoms with Crippen LogP contribution in [0.1, 0.15) is 126 Å². The van der Waals surface area contributed by atoms with E-state index in [-0.39, 0.29) is 0 Å². The highest BCUT2D eigenvalue weighted by atomic mass is 14.9. The number of unbranched alkanes of at least 4 members (excludes halogenated alkanes) is 1. The van der Waals surface area contributed by atoms with Crippen molar-refractivity contribution in [3.8, 4) is 11.1 Å². The molecular formula is C46H73N. The van der Waals surface area contributed by atoms with Gasteiger partial charge in [-0.25, -0.2) is 0 Å². The summed E-state index contributed by atoms with van der Waals surface area (Å²) in [6, 6.07) is 27.3. The first-order valence-electron chi connectivity index (χ1n) is 17.9. The van der Waals surface area contributed by atoms with Crippen molar-refractivity contribution in [3.63, 3.8) is 0 Å². The Kier molecular flexibility index (Phi) is 37.3. The van der Waals surface area contributed by atoms with Crippen LogP contribution in [0.2, 0.25) is 0 Å². The molecule has 0 aliphatic rings. The van der Waals surface area contributed by atoms with Gasteiger partial charge in [0.25, 0.3) is 0 Å². The number of allylic oxidation sites excluding steroid dienone is 7. The van der Waals surface area contributed by atoms with Crippen molar-refractivity contribution in [2.75, 3.05) is 6.54 Å². The van der Waals surface area contributed by atoms with Crippen LogP contribution < -0.4 is 5.32 Å². The highest BCUT2D eigenvalue weighted by Gasteiger charge is 2.00. The number of aryl methyl sites for hydroxylation is 1. The molecule has 0 bridgehead atoms. The average Bonchev–Trinajstić information content (AvgIpc) is 3.12. The van der Waals surface area contributed by atoms with Crippen LogP contribution in [-0.4, -0.2) is 6.54 Å². The Morgan fingerprint density at radius 3 is 1.53 bits per heavy atom. The average molecular weight is 640 g/mol. The van der Waals surface area contributed by atoms with Crippen molar-refractivity contribution < 1.29 is 0 Å². The Morgan fingerprint density at radius 1 is 0.660 bits per heavy atom. The number of nitrogens with one attached hydrogen (secondary N) is 1. The van der Waals surface area contributed by atoms with E-state index < -0.39 is 0 Å². The third kappa shape index (κ3) is 25.0. The molecule has 1 heteroatoms. The van der Waals surface area contributed by atoms with Gasteiger partial charge in [0.05, 0.1) is 0 Å². The van der Waals surface area contributed by atoms with E-state index in [1.807, 2.05) is 74.5 Å². The maximum Gasteiger partial charge on any atom is 0.0143 e. The van der Waals surface area contributed by atoms with E-state index in [4.69, 9.17) is 0 Å². The minimum Gasteiger partial charge on any atom is -0.389 e. The van der Waals surface area contributed by atoms with Gasteiger partial charge in [-0.1, -0.05) is 190 Å². The number of hydrogen-bond donors (Lipinski definition) is 1. The van der Waals surface area contributed by atoms with Crippen LogP contribution in [0.3, 0.4) is 0 Å². The van der Waals surface area contributed by atoms with Gasteiger partial charge in [-0.3, -0.25) is 0 Å². The summed E-state index contributed by atoms with van der Waals surface area (Å²) in [5, 5.41) is 3.40. The highest BCUT2D eigenvalue weighted by molar-refractivity contribution is 5.74. The minimum absolute atomic E-state index is 1.04. The Hall–Kier alpha value is -3.84. The SMILES string of the molecule is C=C(/C=C(\C)NCCCC)c1ccccc1C.C=C(C)c1ccc(-c2ccccc2)cc1.C=CC(C)=C(C)C.CC.CC.CC.CC. The molecule has 0 atom stereocenters. The topological polar surface area (TPSA) is 12.0 Å². The fourth-order valence-corrected chi connectivity index (χ4v) is 3.57. The molecule has 47 heavy (non-hydrogen) atoms. The molecule has 3 rings (SSSR count). The fraction of sp³-hybridized carbons (Fsp3) is 0.391. The second-order valence-corrected chi connectivity index (χ2v) is 10.1. The van der Waals surface area contributed by atoms with Gasteiger partial charge >= 0.3 is 0 Å². The van der Waals surface area contributed by atoms with Gasteiger partial charge in [-0.15, -0.1) is 0 Å². The summed E-state index contributed by atoms with van der Waals surface area (Å²) >= 11 is 0. The van der Waals surface area contributed by atoms with Crippen molar-refractivity contribution in [1.82, 2.24) is 5.32 Å². The summed E-state index contributed by atoms with van der Waals surface area (Å²) in [5.41, 5.74) is 12.2. The molecular weight excluding hydrogens is 567 g/mol. The summed E-state index contributed by atoms with van der Waals surface area (Å²) in [7, 11) is 0. The van der Waals surface area contributed by atoms with Crippen molar-refractivity contribution >= 4 is 11.1 Å². The Morgan fingerprint density at radius 2 is 1.13 bits per heavy atom. The predicted molar refractivity (Wildman–Crippen MR) is 223 cm³/mol. The van der Waals surface area contributed by atoms with Crippen molar-refractivity contribution in [1.29, 1.82) is 0 Å². The molecule has 1 N–H and O–H groups in total. The lowest BCUT2D eigenvalue weighted by atomic mass is 10.0. The van der Waals surface area contributed by atoms with Crippen LogP contribution in [0.5, 0.6) is 0 Å². The number of rotatable bonds is 9. The van der Waals surface area contributed by atoms with Crippen molar-refractivity contribution in [2.45, 2.75) is 117 Å². The summed E-state index contributed by atoms with van der Waals surface area (Å²) in [4.78, 5) is 0. The van der Waals surface area contributed by atoms with Crippen LogP contribution in [0.4, 0.5) is 0 Å². The zero-order valence-corrected chi connectivity index (χ0v) is 33.4. The van der Waals surface area contributed by atoms with Gasteiger partial charge in [0.2, 0.25) is 0 Å². The standard InChI is InChI=1S/C16H23N.C15H14.C7H12.4C2H6/c1-5-6-11-17-15(4)12-14(3)16-10-8-7-9-13(16)2;1-12(2)13-8-10-15(11-9-13)14-6-4-3-5-7-14;1-5-7(4)6(2)3;4*1-2/h7-10,12,17H,3,5-6,11H2,1-2,4H3;3-11H,1H2,2H3;5H,1H2,2-4H3;4*1-2H3/b15-12+;;;;;;. The summed E-state index contributed by atoms with van der Waals surface area (Å²) < 4.78 is 0. The quantitative estimate of drug-likeness (QED) is 0.181. The largest absolute Gasteiger partial charge is 0.389 e. The van der Waals surface area contributed by atoms with Crippen LogP contribution >= 0.6 is 0 Å². The first kappa shape index (κ1) is 50.0. The number of benzene rings is 3. The zero-order chi connectivity index (χ0) is 37.2. The molecule has 0 saturated heterocycles. The molecule has 0 radical (unpaired) electrons. The predicted octanol–water partition coefficient (Wildman–Crippen LogP) is 15.3. The fourth-order valence-electron chi connectivity index (χ4n) is 3.57. The third-order valence-electron chi connectivity index (χ3n) is 6.40. The van der Waals surface area contributed by atoms with Crippen LogP contribution in [-0.2, 0) is 0 Å². The Bertz CT molecular complexity index is 1230. The molecule has 0 aromatic heterocycles. The molecule has 3 aromatic rings. The molecule has 0 amide bonds. The highest BCUT2D eigenvalue weighted by Crippen LogP contribution is 2.21. The molecule has 0 unspecified atom stereocenters. The monoisotopic (exact) mass is 640 g/mol. The second kappa shape index (κ2) is 35.0. The molecule has 0 aliphatic heterocycles. The van der Waals surface area contributed by atoms with E-state index in [0.717, 1.165) is 17.7 Å². The van der Waals surface area contributed by atoms with Gasteiger partial charge in [0.15, 0.2) is 0 Å². The van der Waals surface area contributed by atoms with Gasteiger partial charge in [-0.2, -0.15) is 0 Å². The van der Waals surface area contributed by atoms with E-state index in [0.29, 0.717) is 0 Å². The molecule has 3 aromatic carbocycles. The van der Waals surface area contributed by atoms with E-state index in [9.17, 15) is 0 Å². The molecule has 262 valence electrons. The molecule has 0 fully saturated rings. The van der Waals surface area contributed by atoms with Crippen LogP contribution in [0.25, 0.3) is 22.3 Å². The van der Waals surface area contributed by atoms with E-state index in [1.165, 1.54) is 57.5 Å². The van der Waals surface area contributed by atoms with E-state index in [2.05, 4.69) is 145 Å². The maximum atomic E-state index is 4.14. The van der Waals surface area contributed by atoms with Crippen molar-refractivity contribution in [3.05, 3.63) is 144 Å². The normalized spacial score (nSPS) is 8.96. The molecule has 0 spiro atoms. The maximum absolute atomic E-state index is 4.14. The zero-order valence-electron chi connectivity index (χ0n) is 33.4. The van der Waals surface area contributed by atoms with Gasteiger partial charge in [-0.05, 0) is 87.4 Å². The lowest BCUT2D eigenvalue weighted by Crippen LogP contribution is -2.12. The van der Waals surface area contributed by atoms with Crippen LogP contribution in [0.15, 0.2) is 128 Å².